The van der Waals surface area contributed by atoms with E-state index in [1.165, 1.54) is 19.3 Å². The Morgan fingerprint density at radius 3 is 2.35 bits per heavy atom. The summed E-state index contributed by atoms with van der Waals surface area (Å²) in [5.41, 5.74) is -0.161. The Balaban J connectivity index is 0.00000484. The molecule has 1 fully saturated rings. The molecule has 0 bridgehead atoms. The molecule has 136 valence electrons. The van der Waals surface area contributed by atoms with Gasteiger partial charge >= 0.3 is 5.97 Å². The highest BCUT2D eigenvalue weighted by Gasteiger charge is 2.36. The van der Waals surface area contributed by atoms with Gasteiger partial charge in [0.15, 0.2) is 5.96 Å². The van der Waals surface area contributed by atoms with Gasteiger partial charge in [0.1, 0.15) is 12.1 Å². The van der Waals surface area contributed by atoms with E-state index in [0.717, 1.165) is 19.6 Å². The minimum absolute atomic E-state index is 0. The van der Waals surface area contributed by atoms with Gasteiger partial charge in [0.05, 0.1) is 0 Å². The molecular formula is C16H32IN3O3. The Morgan fingerprint density at radius 2 is 1.91 bits per heavy atom. The predicted octanol–water partition coefficient (Wildman–Crippen LogP) is 2.32. The van der Waals surface area contributed by atoms with Crippen molar-refractivity contribution in [1.82, 2.24) is 10.6 Å². The van der Waals surface area contributed by atoms with Crippen molar-refractivity contribution in [2.24, 2.45) is 10.4 Å². The second-order valence-electron chi connectivity index (χ2n) is 6.96. The lowest BCUT2D eigenvalue weighted by Crippen LogP contribution is -2.48. The predicted molar refractivity (Wildman–Crippen MR) is 103 cm³/mol. The third-order valence-electron chi connectivity index (χ3n) is 3.93. The smallest absolute Gasteiger partial charge is 0.325 e. The first-order chi connectivity index (χ1) is 10.3. The van der Waals surface area contributed by atoms with Gasteiger partial charge in [-0.25, -0.2) is 0 Å². The van der Waals surface area contributed by atoms with Gasteiger partial charge in [-0.1, -0.05) is 6.42 Å². The fourth-order valence-corrected chi connectivity index (χ4v) is 2.54. The number of esters is 1. The molecule has 6 nitrogen and oxygen atoms in total. The van der Waals surface area contributed by atoms with Crippen LogP contribution in [0.4, 0.5) is 0 Å². The Bertz CT molecular complexity index is 391. The van der Waals surface area contributed by atoms with Gasteiger partial charge in [0.2, 0.25) is 0 Å². The fraction of sp³-hybridized carbons (Fsp3) is 0.875. The third kappa shape index (κ3) is 8.74. The summed E-state index contributed by atoms with van der Waals surface area (Å²) in [5, 5.41) is 6.32. The molecule has 0 heterocycles. The van der Waals surface area contributed by atoms with Gasteiger partial charge < -0.3 is 20.1 Å². The zero-order valence-electron chi connectivity index (χ0n) is 15.0. The normalized spacial score (nSPS) is 16.8. The molecule has 0 saturated heterocycles. The van der Waals surface area contributed by atoms with Crippen molar-refractivity contribution in [3.8, 4) is 0 Å². The van der Waals surface area contributed by atoms with E-state index < -0.39 is 5.60 Å². The van der Waals surface area contributed by atoms with Crippen molar-refractivity contribution in [3.63, 3.8) is 0 Å². The summed E-state index contributed by atoms with van der Waals surface area (Å²) in [6, 6.07) is 0. The van der Waals surface area contributed by atoms with Crippen LogP contribution in [0.2, 0.25) is 0 Å². The van der Waals surface area contributed by atoms with Crippen molar-refractivity contribution in [3.05, 3.63) is 0 Å². The number of guanidine groups is 1. The van der Waals surface area contributed by atoms with E-state index in [1.54, 1.807) is 14.2 Å². The number of hydrogen-bond acceptors (Lipinski definition) is 4. The molecule has 0 aliphatic heterocycles. The van der Waals surface area contributed by atoms with Crippen LogP contribution < -0.4 is 10.6 Å². The van der Waals surface area contributed by atoms with Gasteiger partial charge in [0.25, 0.3) is 0 Å². The first-order valence-corrected chi connectivity index (χ1v) is 7.95. The number of rotatable bonds is 7. The first kappa shape index (κ1) is 22.4. The average molecular weight is 441 g/mol. The Kier molecular flexibility index (Phi) is 10.1. The molecule has 1 aliphatic rings. The fourth-order valence-electron chi connectivity index (χ4n) is 2.54. The topological polar surface area (TPSA) is 72.0 Å². The SMILES string of the molecule is CN=C(NCC(=O)OC(C)(C)C)NCC1(CCOC)CCC1.I. The van der Waals surface area contributed by atoms with Crippen LogP contribution >= 0.6 is 24.0 Å². The summed E-state index contributed by atoms with van der Waals surface area (Å²) >= 11 is 0. The Hall–Kier alpha value is -0.570. The minimum Gasteiger partial charge on any atom is -0.459 e. The van der Waals surface area contributed by atoms with Crippen molar-refractivity contribution in [1.29, 1.82) is 0 Å². The quantitative estimate of drug-likeness (QED) is 0.275. The summed E-state index contributed by atoms with van der Waals surface area (Å²) in [4.78, 5) is 15.9. The monoisotopic (exact) mass is 441 g/mol. The molecular weight excluding hydrogens is 409 g/mol. The van der Waals surface area contributed by atoms with E-state index in [0.29, 0.717) is 11.4 Å². The summed E-state index contributed by atoms with van der Waals surface area (Å²) in [6.45, 7) is 7.31. The molecule has 0 amide bonds. The number of nitrogens with zero attached hydrogens (tertiary/aromatic N) is 1. The largest absolute Gasteiger partial charge is 0.459 e. The summed E-state index contributed by atoms with van der Waals surface area (Å²) in [6.07, 6.45) is 4.76. The van der Waals surface area contributed by atoms with Crippen LogP contribution in [0.3, 0.4) is 0 Å². The van der Waals surface area contributed by atoms with Gasteiger partial charge in [-0.15, -0.1) is 24.0 Å². The van der Waals surface area contributed by atoms with E-state index in [9.17, 15) is 4.79 Å². The summed E-state index contributed by atoms with van der Waals surface area (Å²) in [7, 11) is 3.44. The van der Waals surface area contributed by atoms with Gasteiger partial charge in [0, 0.05) is 27.3 Å². The maximum absolute atomic E-state index is 11.7. The number of nitrogens with one attached hydrogen (secondary N) is 2. The van der Waals surface area contributed by atoms with Crippen LogP contribution in [-0.4, -0.2) is 51.4 Å². The highest BCUT2D eigenvalue weighted by atomic mass is 127. The maximum atomic E-state index is 11.7. The molecule has 0 unspecified atom stereocenters. The van der Waals surface area contributed by atoms with Crippen LogP contribution in [0.5, 0.6) is 0 Å². The lowest BCUT2D eigenvalue weighted by Gasteiger charge is -2.42. The van der Waals surface area contributed by atoms with E-state index >= 15 is 0 Å². The first-order valence-electron chi connectivity index (χ1n) is 7.95. The standard InChI is InChI=1S/C16H31N3O3.HI/c1-15(2,3)22-13(20)11-18-14(17-4)19-12-16(7-6-8-16)9-10-21-5;/h6-12H2,1-5H3,(H2,17,18,19);1H. The number of methoxy groups -OCH3 is 1. The van der Waals surface area contributed by atoms with Gasteiger partial charge in [-0.05, 0) is 45.4 Å². The van der Waals surface area contributed by atoms with Gasteiger partial charge in [-0.3, -0.25) is 9.79 Å². The van der Waals surface area contributed by atoms with E-state index in [4.69, 9.17) is 9.47 Å². The van der Waals surface area contributed by atoms with E-state index in [-0.39, 0.29) is 36.5 Å². The molecule has 23 heavy (non-hydrogen) atoms. The second-order valence-corrected chi connectivity index (χ2v) is 6.96. The minimum atomic E-state index is -0.466. The van der Waals surface area contributed by atoms with Crippen LogP contribution in [0.1, 0.15) is 46.5 Å². The van der Waals surface area contributed by atoms with Gasteiger partial charge in [-0.2, -0.15) is 0 Å². The maximum Gasteiger partial charge on any atom is 0.325 e. The molecule has 1 aliphatic carbocycles. The van der Waals surface area contributed by atoms with Crippen molar-refractivity contribution < 1.29 is 14.3 Å². The number of halogens is 1. The van der Waals surface area contributed by atoms with Crippen molar-refractivity contribution in [2.75, 3.05) is 33.9 Å². The Morgan fingerprint density at radius 1 is 1.26 bits per heavy atom. The van der Waals surface area contributed by atoms with Crippen molar-refractivity contribution >= 4 is 35.9 Å². The number of carbonyl (C=O) groups excluding carboxylic acids is 1. The molecule has 2 N–H and O–H groups in total. The number of hydrogen-bond donors (Lipinski definition) is 2. The molecule has 0 aromatic heterocycles. The highest BCUT2D eigenvalue weighted by Crippen LogP contribution is 2.43. The molecule has 0 radical (unpaired) electrons. The zero-order valence-corrected chi connectivity index (χ0v) is 17.4. The molecule has 0 aromatic rings. The Labute approximate surface area is 157 Å². The summed E-state index contributed by atoms with van der Waals surface area (Å²) in [5.74, 6) is 0.350. The lowest BCUT2D eigenvalue weighted by atomic mass is 9.67. The van der Waals surface area contributed by atoms with Crippen LogP contribution in [0, 0.1) is 5.41 Å². The molecule has 1 rings (SSSR count). The molecule has 7 heteroatoms. The second kappa shape index (κ2) is 10.3. The third-order valence-corrected chi connectivity index (χ3v) is 3.93. The summed E-state index contributed by atoms with van der Waals surface area (Å²) < 4.78 is 10.5. The number of ether oxygens (including phenoxy) is 2. The molecule has 0 atom stereocenters. The van der Waals surface area contributed by atoms with Crippen LogP contribution in [-0.2, 0) is 14.3 Å². The molecule has 1 saturated carbocycles. The number of aliphatic imine (C=N–C) groups is 1. The lowest BCUT2D eigenvalue weighted by molar-refractivity contribution is -0.153. The highest BCUT2D eigenvalue weighted by molar-refractivity contribution is 14.0. The zero-order chi connectivity index (χ0) is 16.6. The molecule has 0 aromatic carbocycles. The van der Waals surface area contributed by atoms with E-state index in [2.05, 4.69) is 15.6 Å². The van der Waals surface area contributed by atoms with Crippen molar-refractivity contribution in [2.45, 2.75) is 52.1 Å². The van der Waals surface area contributed by atoms with E-state index in [1.807, 2.05) is 20.8 Å². The van der Waals surface area contributed by atoms with Crippen LogP contribution in [0.15, 0.2) is 4.99 Å². The van der Waals surface area contributed by atoms with Crippen LogP contribution in [0.25, 0.3) is 0 Å². The molecule has 0 spiro atoms. The number of carbonyl (C=O) groups is 1. The average Bonchev–Trinajstić information content (AvgIpc) is 2.38.